The van der Waals surface area contributed by atoms with Crippen LogP contribution in [0, 0.1) is 11.3 Å². The third kappa shape index (κ3) is 5.57. The number of nitrogens with zero attached hydrogens (tertiary/aromatic N) is 2. The number of benzene rings is 1. The van der Waals surface area contributed by atoms with E-state index >= 15 is 0 Å². The Morgan fingerprint density at radius 2 is 1.90 bits per heavy atom. The van der Waals surface area contributed by atoms with Gasteiger partial charge in [0.25, 0.3) is 0 Å². The van der Waals surface area contributed by atoms with Crippen molar-refractivity contribution >= 4 is 17.7 Å². The number of esters is 1. The number of methoxy groups -OCH3 is 2. The summed E-state index contributed by atoms with van der Waals surface area (Å²) in [5.74, 6) is 0.379. The van der Waals surface area contributed by atoms with Crippen molar-refractivity contribution in [3.05, 3.63) is 35.4 Å². The number of pyridine rings is 1. The molecule has 0 saturated heterocycles. The first-order valence-electron chi connectivity index (χ1n) is 8.78. The first kappa shape index (κ1) is 23.3. The second-order valence-corrected chi connectivity index (χ2v) is 6.90. The molecule has 0 saturated carbocycles. The smallest absolute Gasteiger partial charge is 0.417 e. The third-order valence-electron chi connectivity index (χ3n) is 3.93. The fraction of sp³-hybridized carbons (Fsp3) is 0.350. The van der Waals surface area contributed by atoms with E-state index in [0.29, 0.717) is 17.1 Å². The molecule has 0 atom stereocenters. The van der Waals surface area contributed by atoms with E-state index in [-0.39, 0.29) is 29.5 Å². The lowest BCUT2D eigenvalue weighted by Gasteiger charge is -2.15. The first-order chi connectivity index (χ1) is 14.2. The van der Waals surface area contributed by atoms with Crippen LogP contribution in [-0.4, -0.2) is 37.5 Å². The van der Waals surface area contributed by atoms with Crippen LogP contribution in [0.25, 0.3) is 11.3 Å². The Hall–Kier alpha value is -2.93. The first-order valence-corrected chi connectivity index (χ1v) is 9.76. The van der Waals surface area contributed by atoms with Crippen LogP contribution in [0.2, 0.25) is 0 Å². The summed E-state index contributed by atoms with van der Waals surface area (Å²) in [6, 6.07) is 7.01. The second kappa shape index (κ2) is 10.2. The molecule has 0 unspecified atom stereocenters. The highest BCUT2D eigenvalue weighted by Crippen LogP contribution is 2.39. The summed E-state index contributed by atoms with van der Waals surface area (Å²) in [5.41, 5.74) is -1.31. The van der Waals surface area contributed by atoms with Crippen LogP contribution in [-0.2, 0) is 15.7 Å². The summed E-state index contributed by atoms with van der Waals surface area (Å²) in [6.45, 7) is 1.86. The number of nitriles is 1. The molecule has 6 nitrogen and oxygen atoms in total. The number of hydrogen-bond acceptors (Lipinski definition) is 7. The van der Waals surface area contributed by atoms with Gasteiger partial charge in [-0.15, -0.1) is 11.8 Å². The maximum absolute atomic E-state index is 13.6. The maximum atomic E-state index is 13.6. The van der Waals surface area contributed by atoms with Gasteiger partial charge in [0.2, 0.25) is 0 Å². The molecule has 2 aromatic rings. The van der Waals surface area contributed by atoms with Gasteiger partial charge in [-0.2, -0.15) is 18.4 Å². The summed E-state index contributed by atoms with van der Waals surface area (Å²) in [5, 5.41) is 9.23. The van der Waals surface area contributed by atoms with Gasteiger partial charge < -0.3 is 14.2 Å². The fourth-order valence-corrected chi connectivity index (χ4v) is 3.49. The molecule has 1 aromatic carbocycles. The van der Waals surface area contributed by atoms with E-state index in [1.807, 2.05) is 0 Å². The number of rotatable bonds is 8. The van der Waals surface area contributed by atoms with Gasteiger partial charge in [0, 0.05) is 11.3 Å². The monoisotopic (exact) mass is 440 g/mol. The molecule has 1 aromatic heterocycles. The molecular weight excluding hydrogens is 421 g/mol. The van der Waals surface area contributed by atoms with Gasteiger partial charge in [0.1, 0.15) is 11.1 Å². The van der Waals surface area contributed by atoms with Gasteiger partial charge in [-0.25, -0.2) is 4.98 Å². The predicted molar refractivity (Wildman–Crippen MR) is 104 cm³/mol. The highest BCUT2D eigenvalue weighted by atomic mass is 32.2. The summed E-state index contributed by atoms with van der Waals surface area (Å²) < 4.78 is 56.0. The van der Waals surface area contributed by atoms with Gasteiger partial charge in [-0.3, -0.25) is 4.79 Å². The minimum Gasteiger partial charge on any atom is -0.493 e. The molecule has 0 aliphatic carbocycles. The third-order valence-corrected chi connectivity index (χ3v) is 4.91. The number of alkyl halides is 3. The topological polar surface area (TPSA) is 81.4 Å². The van der Waals surface area contributed by atoms with Gasteiger partial charge >= 0.3 is 12.1 Å². The fourth-order valence-electron chi connectivity index (χ4n) is 2.57. The quantitative estimate of drug-likeness (QED) is 0.435. The Morgan fingerprint density at radius 1 is 1.20 bits per heavy atom. The summed E-state index contributed by atoms with van der Waals surface area (Å²) >= 11 is 0.892. The summed E-state index contributed by atoms with van der Waals surface area (Å²) in [7, 11) is 2.85. The zero-order chi connectivity index (χ0) is 22.3. The van der Waals surface area contributed by atoms with Crippen LogP contribution >= 0.6 is 11.8 Å². The summed E-state index contributed by atoms with van der Waals surface area (Å²) in [6.07, 6.45) is -4.78. The minimum atomic E-state index is -4.75. The molecule has 0 spiro atoms. The number of hydrogen-bond donors (Lipinski definition) is 0. The van der Waals surface area contributed by atoms with Crippen molar-refractivity contribution < 1.29 is 32.2 Å². The van der Waals surface area contributed by atoms with E-state index in [4.69, 9.17) is 14.2 Å². The Labute approximate surface area is 176 Å². The van der Waals surface area contributed by atoms with Crippen molar-refractivity contribution in [1.29, 1.82) is 5.26 Å². The largest absolute Gasteiger partial charge is 0.493 e. The average molecular weight is 440 g/mol. The normalized spacial score (nSPS) is 11.0. The lowest BCUT2D eigenvalue weighted by molar-refractivity contribution is -0.142. The second-order valence-electron chi connectivity index (χ2n) is 5.82. The van der Waals surface area contributed by atoms with Crippen molar-refractivity contribution in [3.8, 4) is 28.8 Å². The zero-order valence-electron chi connectivity index (χ0n) is 16.5. The minimum absolute atomic E-state index is 0.0147. The average Bonchev–Trinajstić information content (AvgIpc) is 2.72. The van der Waals surface area contributed by atoms with Crippen LogP contribution in [0.5, 0.6) is 11.5 Å². The van der Waals surface area contributed by atoms with Crippen molar-refractivity contribution in [2.45, 2.75) is 24.5 Å². The molecule has 0 amide bonds. The molecule has 1 heterocycles. The molecule has 0 fully saturated rings. The molecule has 0 radical (unpaired) electrons. The SMILES string of the molecule is CCOC(=O)CCSc1nc(-c2ccc(OC)c(OC)c2)cc(C(F)(F)F)c1C#N. The maximum Gasteiger partial charge on any atom is 0.417 e. The number of aromatic nitrogens is 1. The number of ether oxygens (including phenoxy) is 3. The Morgan fingerprint density at radius 3 is 2.47 bits per heavy atom. The van der Waals surface area contributed by atoms with Crippen molar-refractivity contribution in [2.75, 3.05) is 26.6 Å². The molecule has 0 aliphatic heterocycles. The lowest BCUT2D eigenvalue weighted by Crippen LogP contribution is -2.11. The van der Waals surface area contributed by atoms with Crippen LogP contribution in [0.3, 0.4) is 0 Å². The lowest BCUT2D eigenvalue weighted by atomic mass is 10.0. The van der Waals surface area contributed by atoms with Gasteiger partial charge in [-0.05, 0) is 31.2 Å². The van der Waals surface area contributed by atoms with Crippen molar-refractivity contribution in [3.63, 3.8) is 0 Å². The Bertz CT molecular complexity index is 958. The van der Waals surface area contributed by atoms with Crippen molar-refractivity contribution in [2.24, 2.45) is 0 Å². The molecule has 0 bridgehead atoms. The van der Waals surface area contributed by atoms with Gasteiger partial charge in [0.05, 0.1) is 44.1 Å². The number of thioether (sulfide) groups is 1. The van der Waals surface area contributed by atoms with E-state index in [1.165, 1.54) is 20.3 Å². The molecule has 30 heavy (non-hydrogen) atoms. The molecule has 0 aliphatic rings. The Balaban J connectivity index is 2.51. The highest BCUT2D eigenvalue weighted by Gasteiger charge is 2.36. The van der Waals surface area contributed by atoms with Gasteiger partial charge in [-0.1, -0.05) is 0 Å². The van der Waals surface area contributed by atoms with Crippen LogP contribution in [0.4, 0.5) is 13.2 Å². The number of carbonyl (C=O) groups is 1. The predicted octanol–water partition coefficient (Wildman–Crippen LogP) is 4.70. The number of halogens is 3. The van der Waals surface area contributed by atoms with Crippen molar-refractivity contribution in [1.82, 2.24) is 4.98 Å². The van der Waals surface area contributed by atoms with Crippen LogP contribution < -0.4 is 9.47 Å². The molecular formula is C20H19F3N2O4S. The summed E-state index contributed by atoms with van der Waals surface area (Å²) in [4.78, 5) is 15.8. The molecule has 10 heteroatoms. The van der Waals surface area contributed by atoms with E-state index in [9.17, 15) is 23.2 Å². The molecule has 0 N–H and O–H groups in total. The van der Waals surface area contributed by atoms with Gasteiger partial charge in [0.15, 0.2) is 11.5 Å². The van der Waals surface area contributed by atoms with E-state index in [0.717, 1.165) is 17.8 Å². The highest BCUT2D eigenvalue weighted by molar-refractivity contribution is 7.99. The van der Waals surface area contributed by atoms with E-state index in [1.54, 1.807) is 25.1 Å². The Kier molecular flexibility index (Phi) is 7.94. The standard InChI is InChI=1S/C20H19F3N2O4S/c1-4-29-18(26)7-8-30-19-13(11-24)14(20(21,22)23)10-15(25-19)12-5-6-16(27-2)17(9-12)28-3/h5-6,9-10H,4,7-8H2,1-3H3. The number of carbonyl (C=O) groups excluding carboxylic acids is 1. The van der Waals surface area contributed by atoms with Crippen LogP contribution in [0.15, 0.2) is 29.3 Å². The molecule has 2 rings (SSSR count). The van der Waals surface area contributed by atoms with Crippen LogP contribution in [0.1, 0.15) is 24.5 Å². The van der Waals surface area contributed by atoms with E-state index in [2.05, 4.69) is 4.98 Å². The molecule has 160 valence electrons. The zero-order valence-corrected chi connectivity index (χ0v) is 17.3. The van der Waals surface area contributed by atoms with E-state index < -0.39 is 23.3 Å².